The average molecular weight is 365 g/mol. The van der Waals surface area contributed by atoms with Crippen molar-refractivity contribution in [3.63, 3.8) is 0 Å². The Bertz CT molecular complexity index is 968. The minimum absolute atomic E-state index is 0.345. The number of thiazole rings is 1. The van der Waals surface area contributed by atoms with E-state index in [4.69, 9.17) is 5.41 Å². The van der Waals surface area contributed by atoms with Crippen molar-refractivity contribution in [2.75, 3.05) is 6.54 Å². The third-order valence-corrected chi connectivity index (χ3v) is 5.78. The van der Waals surface area contributed by atoms with E-state index in [9.17, 15) is 9.90 Å². The van der Waals surface area contributed by atoms with Gasteiger partial charge in [-0.3, -0.25) is 5.41 Å². The van der Waals surface area contributed by atoms with Gasteiger partial charge in [0.25, 0.3) is 0 Å². The second kappa shape index (κ2) is 6.88. The molecule has 0 spiro atoms. The fourth-order valence-corrected chi connectivity index (χ4v) is 4.40. The van der Waals surface area contributed by atoms with Gasteiger partial charge in [-0.15, -0.1) is 11.3 Å². The first kappa shape index (κ1) is 16.7. The lowest BCUT2D eigenvalue weighted by Crippen LogP contribution is -2.40. The van der Waals surface area contributed by atoms with Crippen molar-refractivity contribution in [1.29, 1.82) is 5.41 Å². The zero-order valence-corrected chi connectivity index (χ0v) is 15.0. The summed E-state index contributed by atoms with van der Waals surface area (Å²) in [5, 5.41) is 18.5. The summed E-state index contributed by atoms with van der Waals surface area (Å²) in [6, 6.07) is 15.8. The number of hydrogen-bond donors (Lipinski definition) is 2. The third-order valence-electron chi connectivity index (χ3n) is 4.74. The fourth-order valence-electron chi connectivity index (χ4n) is 3.45. The molecule has 2 heterocycles. The molecule has 0 aliphatic carbocycles. The van der Waals surface area contributed by atoms with E-state index in [0.29, 0.717) is 25.2 Å². The van der Waals surface area contributed by atoms with Gasteiger partial charge >= 0.3 is 5.97 Å². The highest BCUT2D eigenvalue weighted by molar-refractivity contribution is 7.18. The van der Waals surface area contributed by atoms with Gasteiger partial charge < -0.3 is 10.0 Å². The zero-order valence-electron chi connectivity index (χ0n) is 14.2. The second-order valence-electron chi connectivity index (χ2n) is 6.47. The van der Waals surface area contributed by atoms with E-state index in [2.05, 4.69) is 35.3 Å². The highest BCUT2D eigenvalue weighted by atomic mass is 32.1. The number of aliphatic carboxylic acids is 1. The van der Waals surface area contributed by atoms with E-state index in [0.717, 1.165) is 32.8 Å². The quantitative estimate of drug-likeness (QED) is 0.540. The summed E-state index contributed by atoms with van der Waals surface area (Å²) in [5.74, 6) is -0.499. The Morgan fingerprint density at radius 3 is 2.81 bits per heavy atom. The summed E-state index contributed by atoms with van der Waals surface area (Å²) >= 11 is 1.57. The van der Waals surface area contributed by atoms with Gasteiger partial charge in [-0.25, -0.2) is 9.78 Å². The Hall–Kier alpha value is -2.73. The number of fused-ring (bicyclic) bond motifs is 1. The molecule has 2 N–H and O–H groups in total. The Balaban J connectivity index is 1.56. The topological polar surface area (TPSA) is 77.3 Å². The molecule has 6 heteroatoms. The van der Waals surface area contributed by atoms with Gasteiger partial charge in [-0.1, -0.05) is 36.4 Å². The van der Waals surface area contributed by atoms with E-state index in [1.807, 2.05) is 18.2 Å². The third kappa shape index (κ3) is 3.20. The van der Waals surface area contributed by atoms with Crippen LogP contribution in [-0.2, 0) is 11.2 Å². The highest BCUT2D eigenvalue weighted by Gasteiger charge is 2.32. The van der Waals surface area contributed by atoms with Crippen LogP contribution in [0.3, 0.4) is 0 Å². The van der Waals surface area contributed by atoms with Crippen LogP contribution in [-0.4, -0.2) is 39.4 Å². The molecule has 0 saturated carbocycles. The largest absolute Gasteiger partial charge is 0.480 e. The molecule has 0 amide bonds. The minimum atomic E-state index is -0.843. The Morgan fingerprint density at radius 1 is 1.23 bits per heavy atom. The van der Waals surface area contributed by atoms with Crippen molar-refractivity contribution in [2.24, 2.45) is 0 Å². The van der Waals surface area contributed by atoms with Gasteiger partial charge in [-0.2, -0.15) is 0 Å². The summed E-state index contributed by atoms with van der Waals surface area (Å²) in [4.78, 5) is 17.7. The molecule has 0 bridgehead atoms. The number of aromatic nitrogens is 1. The normalized spacial score (nSPS) is 16.9. The molecule has 4 rings (SSSR count). The number of carboxylic acid groups (broad SMARTS) is 1. The van der Waals surface area contributed by atoms with E-state index in [1.165, 1.54) is 0 Å². The zero-order chi connectivity index (χ0) is 18.1. The molecule has 1 fully saturated rings. The lowest BCUT2D eigenvalue weighted by molar-refractivity contribution is -0.140. The number of benzene rings is 2. The van der Waals surface area contributed by atoms with Crippen molar-refractivity contribution >= 4 is 33.4 Å². The van der Waals surface area contributed by atoms with Gasteiger partial charge in [0.15, 0.2) is 0 Å². The minimum Gasteiger partial charge on any atom is -0.480 e. The SMILES string of the molecule is N=C(Cc1nc2cc(-c3ccccc3)ccc2s1)N1CCCC1C(=O)O. The van der Waals surface area contributed by atoms with Gasteiger partial charge in [0.05, 0.1) is 16.6 Å². The standard InChI is InChI=1S/C20H19N3O2S/c21-18(23-10-4-7-16(23)20(24)25)12-19-22-15-11-14(8-9-17(15)26-19)13-5-2-1-3-6-13/h1-3,5-6,8-9,11,16,21H,4,7,10,12H2,(H,24,25). The molecule has 1 aliphatic rings. The summed E-state index contributed by atoms with van der Waals surface area (Å²) in [7, 11) is 0. The van der Waals surface area contributed by atoms with Crippen LogP contribution in [0.25, 0.3) is 21.3 Å². The van der Waals surface area contributed by atoms with Gasteiger partial charge in [0.1, 0.15) is 16.9 Å². The number of hydrogen-bond acceptors (Lipinski definition) is 4. The number of nitrogens with one attached hydrogen (secondary N) is 1. The van der Waals surface area contributed by atoms with Crippen molar-refractivity contribution in [2.45, 2.75) is 25.3 Å². The van der Waals surface area contributed by atoms with E-state index in [-0.39, 0.29) is 0 Å². The van der Waals surface area contributed by atoms with Crippen LogP contribution in [0.2, 0.25) is 0 Å². The molecule has 132 valence electrons. The van der Waals surface area contributed by atoms with Crippen molar-refractivity contribution in [3.8, 4) is 11.1 Å². The maximum absolute atomic E-state index is 11.3. The molecule has 1 aromatic heterocycles. The number of rotatable bonds is 4. The number of carboxylic acids is 1. The van der Waals surface area contributed by atoms with Crippen LogP contribution >= 0.6 is 11.3 Å². The first-order valence-corrected chi connectivity index (χ1v) is 9.45. The summed E-state index contributed by atoms with van der Waals surface area (Å²) in [6.07, 6.45) is 1.81. The van der Waals surface area contributed by atoms with Crippen molar-refractivity contribution < 1.29 is 9.90 Å². The van der Waals surface area contributed by atoms with Crippen LogP contribution in [0.15, 0.2) is 48.5 Å². The first-order valence-electron chi connectivity index (χ1n) is 8.63. The molecule has 26 heavy (non-hydrogen) atoms. The average Bonchev–Trinajstić information content (AvgIpc) is 3.28. The predicted molar refractivity (Wildman–Crippen MR) is 104 cm³/mol. The second-order valence-corrected chi connectivity index (χ2v) is 7.58. The van der Waals surface area contributed by atoms with E-state index in [1.54, 1.807) is 16.2 Å². The fraction of sp³-hybridized carbons (Fsp3) is 0.250. The molecule has 1 saturated heterocycles. The Labute approximate surface area is 155 Å². The maximum atomic E-state index is 11.3. The van der Waals surface area contributed by atoms with Crippen molar-refractivity contribution in [3.05, 3.63) is 53.5 Å². The van der Waals surface area contributed by atoms with Crippen LogP contribution in [0, 0.1) is 5.41 Å². The van der Waals surface area contributed by atoms with E-state index >= 15 is 0 Å². The first-order chi connectivity index (χ1) is 12.6. The smallest absolute Gasteiger partial charge is 0.326 e. The molecular formula is C20H19N3O2S. The molecule has 5 nitrogen and oxygen atoms in total. The number of amidine groups is 1. The van der Waals surface area contributed by atoms with Crippen LogP contribution < -0.4 is 0 Å². The predicted octanol–water partition coefficient (Wildman–Crippen LogP) is 4.03. The van der Waals surface area contributed by atoms with Crippen LogP contribution in [0.1, 0.15) is 17.8 Å². The molecule has 0 radical (unpaired) electrons. The maximum Gasteiger partial charge on any atom is 0.326 e. The summed E-state index contributed by atoms with van der Waals surface area (Å²) < 4.78 is 1.09. The number of likely N-dealkylation sites (tertiary alicyclic amines) is 1. The lowest BCUT2D eigenvalue weighted by Gasteiger charge is -2.23. The summed E-state index contributed by atoms with van der Waals surface area (Å²) in [5.41, 5.74) is 3.20. The molecule has 2 aromatic carbocycles. The molecule has 1 aliphatic heterocycles. The molecular weight excluding hydrogens is 346 g/mol. The monoisotopic (exact) mass is 365 g/mol. The van der Waals surface area contributed by atoms with Crippen LogP contribution in [0.4, 0.5) is 0 Å². The van der Waals surface area contributed by atoms with Crippen LogP contribution in [0.5, 0.6) is 0 Å². The van der Waals surface area contributed by atoms with Gasteiger partial charge in [-0.05, 0) is 36.1 Å². The van der Waals surface area contributed by atoms with Gasteiger partial charge in [0, 0.05) is 6.54 Å². The lowest BCUT2D eigenvalue weighted by atomic mass is 10.1. The molecule has 1 unspecified atom stereocenters. The number of carbonyl (C=O) groups is 1. The molecule has 1 atom stereocenters. The van der Waals surface area contributed by atoms with E-state index < -0.39 is 12.0 Å². The molecule has 3 aromatic rings. The Morgan fingerprint density at radius 2 is 2.04 bits per heavy atom. The summed E-state index contributed by atoms with van der Waals surface area (Å²) in [6.45, 7) is 0.638. The number of nitrogens with zero attached hydrogens (tertiary/aromatic N) is 2. The highest BCUT2D eigenvalue weighted by Crippen LogP contribution is 2.29. The Kier molecular flexibility index (Phi) is 4.42. The van der Waals surface area contributed by atoms with Crippen molar-refractivity contribution in [1.82, 2.24) is 9.88 Å². The van der Waals surface area contributed by atoms with Gasteiger partial charge in [0.2, 0.25) is 0 Å².